The number of benzene rings is 1. The van der Waals surface area contributed by atoms with Crippen molar-refractivity contribution in [3.05, 3.63) is 40.7 Å². The Hall–Kier alpha value is -2.87. The largest absolute Gasteiger partial charge is 0.492 e. The highest BCUT2D eigenvalue weighted by Gasteiger charge is 2.22. The van der Waals surface area contributed by atoms with Crippen LogP contribution in [0.15, 0.2) is 18.2 Å². The minimum Gasteiger partial charge on any atom is -0.492 e. The standard InChI is InChI=1S/C18H23N5O3/c1-4-26-15-9-11(18(25)23(2)3)5-6-14(15)20-17(24)16-12-10-19-8-7-13(12)21-22-16/h5-6,9,19H,4,7-8,10H2,1-3H3,(H,20,24)(H,21,22). The number of hydrogen-bond acceptors (Lipinski definition) is 5. The lowest BCUT2D eigenvalue weighted by Gasteiger charge is -2.16. The van der Waals surface area contributed by atoms with Crippen LogP contribution in [0.25, 0.3) is 0 Å². The number of H-pyrrole nitrogens is 1. The second-order valence-corrected chi connectivity index (χ2v) is 6.25. The summed E-state index contributed by atoms with van der Waals surface area (Å²) in [6, 6.07) is 4.99. The van der Waals surface area contributed by atoms with Crippen LogP contribution in [0.1, 0.15) is 39.0 Å². The van der Waals surface area contributed by atoms with Gasteiger partial charge in [-0.15, -0.1) is 0 Å². The van der Waals surface area contributed by atoms with E-state index < -0.39 is 0 Å². The van der Waals surface area contributed by atoms with E-state index in [0.29, 0.717) is 35.8 Å². The number of amides is 2. The summed E-state index contributed by atoms with van der Waals surface area (Å²) >= 11 is 0. The lowest BCUT2D eigenvalue weighted by Crippen LogP contribution is -2.25. The van der Waals surface area contributed by atoms with Crippen molar-refractivity contribution in [1.29, 1.82) is 0 Å². The number of anilines is 1. The predicted octanol–water partition coefficient (Wildman–Crippen LogP) is 1.41. The predicted molar refractivity (Wildman–Crippen MR) is 97.6 cm³/mol. The number of fused-ring (bicyclic) bond motifs is 1. The molecular weight excluding hydrogens is 334 g/mol. The molecule has 1 aromatic carbocycles. The van der Waals surface area contributed by atoms with Crippen LogP contribution in [0.5, 0.6) is 5.75 Å². The number of carbonyl (C=O) groups is 2. The van der Waals surface area contributed by atoms with E-state index in [1.165, 1.54) is 4.90 Å². The van der Waals surface area contributed by atoms with Crippen molar-refractivity contribution < 1.29 is 14.3 Å². The van der Waals surface area contributed by atoms with Crippen molar-refractivity contribution >= 4 is 17.5 Å². The molecule has 0 aliphatic carbocycles. The molecule has 1 aromatic heterocycles. The summed E-state index contributed by atoms with van der Waals surface area (Å²) in [6.45, 7) is 3.75. The topological polar surface area (TPSA) is 99.3 Å². The lowest BCUT2D eigenvalue weighted by molar-refractivity contribution is 0.0827. The van der Waals surface area contributed by atoms with E-state index in [1.807, 2.05) is 6.92 Å². The summed E-state index contributed by atoms with van der Waals surface area (Å²) in [7, 11) is 3.38. The average Bonchev–Trinajstić information content (AvgIpc) is 3.07. The molecule has 0 atom stereocenters. The molecule has 2 amide bonds. The van der Waals surface area contributed by atoms with Gasteiger partial charge in [-0.25, -0.2) is 0 Å². The molecule has 8 nitrogen and oxygen atoms in total. The highest BCUT2D eigenvalue weighted by molar-refractivity contribution is 6.05. The SMILES string of the molecule is CCOc1cc(C(=O)N(C)C)ccc1NC(=O)c1n[nH]c2c1CNCC2. The van der Waals surface area contributed by atoms with Gasteiger partial charge in [0.1, 0.15) is 5.75 Å². The van der Waals surface area contributed by atoms with E-state index in [4.69, 9.17) is 4.74 Å². The van der Waals surface area contributed by atoms with Crippen molar-refractivity contribution in [3.8, 4) is 5.75 Å². The maximum Gasteiger partial charge on any atom is 0.276 e. The van der Waals surface area contributed by atoms with Crippen LogP contribution in [0.2, 0.25) is 0 Å². The van der Waals surface area contributed by atoms with E-state index in [-0.39, 0.29) is 11.8 Å². The summed E-state index contributed by atoms with van der Waals surface area (Å²) < 4.78 is 5.61. The Morgan fingerprint density at radius 1 is 1.35 bits per heavy atom. The van der Waals surface area contributed by atoms with Crippen molar-refractivity contribution in [2.75, 3.05) is 32.6 Å². The molecule has 0 saturated heterocycles. The van der Waals surface area contributed by atoms with Gasteiger partial charge in [0.2, 0.25) is 0 Å². The van der Waals surface area contributed by atoms with Crippen LogP contribution >= 0.6 is 0 Å². The molecule has 2 heterocycles. The number of aromatic amines is 1. The minimum absolute atomic E-state index is 0.128. The second kappa shape index (κ2) is 7.57. The average molecular weight is 357 g/mol. The Morgan fingerprint density at radius 2 is 2.15 bits per heavy atom. The summed E-state index contributed by atoms with van der Waals surface area (Å²) in [5.41, 5.74) is 3.27. The summed E-state index contributed by atoms with van der Waals surface area (Å²) in [6.07, 6.45) is 0.821. The zero-order valence-corrected chi connectivity index (χ0v) is 15.2. The molecule has 26 heavy (non-hydrogen) atoms. The molecule has 1 aliphatic rings. The Kier molecular flexibility index (Phi) is 5.22. The molecule has 0 radical (unpaired) electrons. The van der Waals surface area contributed by atoms with Gasteiger partial charge >= 0.3 is 0 Å². The zero-order chi connectivity index (χ0) is 18.7. The van der Waals surface area contributed by atoms with E-state index in [9.17, 15) is 9.59 Å². The molecule has 0 fully saturated rings. The van der Waals surface area contributed by atoms with Crippen LogP contribution in [0.4, 0.5) is 5.69 Å². The second-order valence-electron chi connectivity index (χ2n) is 6.25. The molecular formula is C18H23N5O3. The molecule has 3 N–H and O–H groups in total. The third-order valence-corrected chi connectivity index (χ3v) is 4.20. The molecule has 3 rings (SSSR count). The van der Waals surface area contributed by atoms with Crippen molar-refractivity contribution in [2.24, 2.45) is 0 Å². The summed E-state index contributed by atoms with van der Waals surface area (Å²) in [5, 5.41) is 13.2. The normalized spacial score (nSPS) is 13.0. The van der Waals surface area contributed by atoms with Gasteiger partial charge in [-0.05, 0) is 25.1 Å². The van der Waals surface area contributed by atoms with Gasteiger partial charge in [-0.2, -0.15) is 5.10 Å². The van der Waals surface area contributed by atoms with E-state index in [1.54, 1.807) is 32.3 Å². The van der Waals surface area contributed by atoms with Crippen LogP contribution in [0.3, 0.4) is 0 Å². The van der Waals surface area contributed by atoms with Crippen LogP contribution < -0.4 is 15.4 Å². The lowest BCUT2D eigenvalue weighted by atomic mass is 10.1. The number of hydrogen-bond donors (Lipinski definition) is 3. The maximum atomic E-state index is 12.7. The Morgan fingerprint density at radius 3 is 2.88 bits per heavy atom. The van der Waals surface area contributed by atoms with Crippen molar-refractivity contribution in [1.82, 2.24) is 20.4 Å². The molecule has 0 unspecified atom stereocenters. The summed E-state index contributed by atoms with van der Waals surface area (Å²) in [5.74, 6) is 0.0196. The van der Waals surface area contributed by atoms with E-state index in [2.05, 4.69) is 20.8 Å². The molecule has 2 aromatic rings. The molecule has 0 saturated carbocycles. The monoisotopic (exact) mass is 357 g/mol. The fraction of sp³-hybridized carbons (Fsp3) is 0.389. The molecule has 8 heteroatoms. The van der Waals surface area contributed by atoms with Gasteiger partial charge < -0.3 is 20.3 Å². The first-order valence-electron chi connectivity index (χ1n) is 8.58. The molecule has 138 valence electrons. The van der Waals surface area contributed by atoms with Gasteiger partial charge in [0, 0.05) is 50.4 Å². The van der Waals surface area contributed by atoms with Crippen LogP contribution in [-0.4, -0.2) is 54.2 Å². The Labute approximate surface area is 151 Å². The van der Waals surface area contributed by atoms with Crippen molar-refractivity contribution in [3.63, 3.8) is 0 Å². The number of carbonyl (C=O) groups excluding carboxylic acids is 2. The zero-order valence-electron chi connectivity index (χ0n) is 15.2. The first-order chi connectivity index (χ1) is 12.5. The highest BCUT2D eigenvalue weighted by atomic mass is 16.5. The maximum absolute atomic E-state index is 12.7. The van der Waals surface area contributed by atoms with Crippen molar-refractivity contribution in [2.45, 2.75) is 19.9 Å². The highest BCUT2D eigenvalue weighted by Crippen LogP contribution is 2.27. The molecule has 0 spiro atoms. The number of ether oxygens (including phenoxy) is 1. The third kappa shape index (κ3) is 3.55. The Bertz CT molecular complexity index is 828. The first kappa shape index (κ1) is 17.9. The first-order valence-corrected chi connectivity index (χ1v) is 8.58. The molecule has 1 aliphatic heterocycles. The van der Waals surface area contributed by atoms with Gasteiger partial charge in [0.25, 0.3) is 11.8 Å². The number of nitrogens with one attached hydrogen (secondary N) is 3. The Balaban J connectivity index is 1.85. The van der Waals surface area contributed by atoms with E-state index >= 15 is 0 Å². The minimum atomic E-state index is -0.307. The third-order valence-electron chi connectivity index (χ3n) is 4.20. The van der Waals surface area contributed by atoms with Crippen LogP contribution in [0, 0.1) is 0 Å². The number of nitrogens with zero attached hydrogens (tertiary/aromatic N) is 2. The van der Waals surface area contributed by atoms with Gasteiger partial charge in [0.05, 0.1) is 12.3 Å². The number of rotatable bonds is 5. The van der Waals surface area contributed by atoms with E-state index in [0.717, 1.165) is 24.2 Å². The van der Waals surface area contributed by atoms with Gasteiger partial charge in [0.15, 0.2) is 5.69 Å². The fourth-order valence-electron chi connectivity index (χ4n) is 2.89. The van der Waals surface area contributed by atoms with Gasteiger partial charge in [-0.1, -0.05) is 0 Å². The smallest absolute Gasteiger partial charge is 0.276 e. The fourth-order valence-corrected chi connectivity index (χ4v) is 2.89. The molecule has 0 bridgehead atoms. The quantitative estimate of drug-likeness (QED) is 0.751. The van der Waals surface area contributed by atoms with Gasteiger partial charge in [-0.3, -0.25) is 14.7 Å². The summed E-state index contributed by atoms with van der Waals surface area (Å²) in [4.78, 5) is 26.3. The van der Waals surface area contributed by atoms with Crippen LogP contribution in [-0.2, 0) is 13.0 Å². The number of aromatic nitrogens is 2.